The number of hydrogen-bond donors (Lipinski definition) is 3. The lowest BCUT2D eigenvalue weighted by atomic mass is 10.0. The highest BCUT2D eigenvalue weighted by molar-refractivity contribution is 7.47. The molecule has 5 atom stereocenters. The van der Waals surface area contributed by atoms with Gasteiger partial charge in [-0.2, -0.15) is 0 Å². The molecule has 0 rings (SSSR count). The van der Waals surface area contributed by atoms with Crippen LogP contribution >= 0.6 is 15.6 Å². The van der Waals surface area contributed by atoms with Gasteiger partial charge in [0.15, 0.2) is 12.2 Å². The smallest absolute Gasteiger partial charge is 0.462 e. The summed E-state index contributed by atoms with van der Waals surface area (Å²) in [4.78, 5) is 72.6. The molecule has 19 heteroatoms. The quantitative estimate of drug-likeness (QED) is 0.0222. The van der Waals surface area contributed by atoms with E-state index in [9.17, 15) is 43.2 Å². The molecule has 2 unspecified atom stereocenters. The van der Waals surface area contributed by atoms with Gasteiger partial charge < -0.3 is 33.8 Å². The number of esters is 4. The van der Waals surface area contributed by atoms with Crippen LogP contribution in [0.2, 0.25) is 0 Å². The van der Waals surface area contributed by atoms with Gasteiger partial charge in [0.2, 0.25) is 0 Å². The molecule has 0 radical (unpaired) electrons. The Hall–Kier alpha value is -1.94. The minimum atomic E-state index is -4.95. The minimum Gasteiger partial charge on any atom is -0.462 e. The highest BCUT2D eigenvalue weighted by Crippen LogP contribution is 2.45. The van der Waals surface area contributed by atoms with Crippen LogP contribution in [0.5, 0.6) is 0 Å². The van der Waals surface area contributed by atoms with Crippen LogP contribution < -0.4 is 0 Å². The molecule has 534 valence electrons. The summed E-state index contributed by atoms with van der Waals surface area (Å²) >= 11 is 0. The average molecular weight is 1330 g/mol. The summed E-state index contributed by atoms with van der Waals surface area (Å²) in [6, 6.07) is 0. The first-order valence-electron chi connectivity index (χ1n) is 37.3. The molecule has 90 heavy (non-hydrogen) atoms. The number of aliphatic hydroxyl groups excluding tert-OH is 1. The highest BCUT2D eigenvalue weighted by Gasteiger charge is 2.30. The molecule has 0 aromatic rings. The van der Waals surface area contributed by atoms with Crippen LogP contribution in [0, 0.1) is 0 Å². The first-order chi connectivity index (χ1) is 43.7. The Labute approximate surface area is 549 Å². The van der Waals surface area contributed by atoms with Crippen LogP contribution in [0.1, 0.15) is 374 Å². The van der Waals surface area contributed by atoms with E-state index >= 15 is 0 Å². The van der Waals surface area contributed by atoms with Crippen LogP contribution in [0.15, 0.2) is 0 Å². The Balaban J connectivity index is 5.24. The minimum absolute atomic E-state index is 0.108. The maximum atomic E-state index is 13.0. The molecule has 0 saturated carbocycles. The van der Waals surface area contributed by atoms with Gasteiger partial charge in [-0.25, -0.2) is 9.13 Å². The number of aliphatic hydroxyl groups is 1. The molecule has 0 saturated heterocycles. The first kappa shape index (κ1) is 88.1. The summed E-state index contributed by atoms with van der Waals surface area (Å²) in [5, 5.41) is 10.6. The Morgan fingerprint density at radius 3 is 0.656 bits per heavy atom. The van der Waals surface area contributed by atoms with Crippen LogP contribution in [0.3, 0.4) is 0 Å². The Morgan fingerprint density at radius 1 is 0.267 bits per heavy atom. The van der Waals surface area contributed by atoms with Gasteiger partial charge in [0, 0.05) is 25.7 Å². The number of carbonyl (C=O) groups is 4. The average Bonchev–Trinajstić information content (AvgIpc) is 3.28. The molecule has 0 heterocycles. The van der Waals surface area contributed by atoms with E-state index in [1.165, 1.54) is 205 Å². The van der Waals surface area contributed by atoms with Gasteiger partial charge in [-0.15, -0.1) is 0 Å². The van der Waals surface area contributed by atoms with Crippen molar-refractivity contribution in [3.63, 3.8) is 0 Å². The molecule has 0 bridgehead atoms. The molecule has 0 aliphatic heterocycles. The molecule has 0 aliphatic carbocycles. The third-order valence-electron chi connectivity index (χ3n) is 16.6. The second-order valence-corrected chi connectivity index (χ2v) is 28.5. The van der Waals surface area contributed by atoms with E-state index in [1.807, 2.05) is 0 Å². The van der Waals surface area contributed by atoms with Crippen molar-refractivity contribution < 1.29 is 80.2 Å². The van der Waals surface area contributed by atoms with Crippen LogP contribution in [-0.4, -0.2) is 96.7 Å². The van der Waals surface area contributed by atoms with Crippen molar-refractivity contribution in [1.29, 1.82) is 0 Å². The SMILES string of the molecule is CCCCCCCCCCCCCCCCCC(=O)O[C@H](COC(=O)CCCCCCCCCCCCCC)COP(=O)(O)OC[C@@H](O)COP(=O)(O)OC[C@@H](COC(=O)CCCCCCCCCCCCC)OC(=O)CCCCCCCCCCCCCC. The third kappa shape index (κ3) is 64.8. The maximum Gasteiger partial charge on any atom is 0.472 e. The predicted molar refractivity (Wildman–Crippen MR) is 363 cm³/mol. The first-order valence-corrected chi connectivity index (χ1v) is 40.3. The molecule has 17 nitrogen and oxygen atoms in total. The van der Waals surface area contributed by atoms with Gasteiger partial charge in [0.25, 0.3) is 0 Å². The molecule has 0 fully saturated rings. The summed E-state index contributed by atoms with van der Waals surface area (Å²) in [6.07, 6.45) is 53.8. The van der Waals surface area contributed by atoms with Crippen molar-refractivity contribution in [3.8, 4) is 0 Å². The van der Waals surface area contributed by atoms with E-state index in [1.54, 1.807) is 0 Å². The van der Waals surface area contributed by atoms with E-state index in [-0.39, 0.29) is 25.7 Å². The molecular formula is C71H138O17P2. The van der Waals surface area contributed by atoms with Gasteiger partial charge in [-0.05, 0) is 25.7 Å². The second kappa shape index (κ2) is 65.7. The topological polar surface area (TPSA) is 237 Å². The third-order valence-corrected chi connectivity index (χ3v) is 18.5. The maximum absolute atomic E-state index is 13.0. The fourth-order valence-electron chi connectivity index (χ4n) is 10.9. The normalized spacial score (nSPS) is 14.0. The van der Waals surface area contributed by atoms with Crippen molar-refractivity contribution in [2.45, 2.75) is 393 Å². The van der Waals surface area contributed by atoms with Crippen LogP contribution in [0.25, 0.3) is 0 Å². The molecule has 0 aromatic carbocycles. The van der Waals surface area contributed by atoms with Gasteiger partial charge >= 0.3 is 39.5 Å². The largest absolute Gasteiger partial charge is 0.472 e. The zero-order valence-corrected chi connectivity index (χ0v) is 59.9. The lowest BCUT2D eigenvalue weighted by Gasteiger charge is -2.21. The fourth-order valence-corrected chi connectivity index (χ4v) is 12.4. The Kier molecular flexibility index (Phi) is 64.3. The lowest BCUT2D eigenvalue weighted by molar-refractivity contribution is -0.161. The second-order valence-electron chi connectivity index (χ2n) is 25.6. The van der Waals surface area contributed by atoms with Gasteiger partial charge in [0.05, 0.1) is 26.4 Å². The van der Waals surface area contributed by atoms with Crippen molar-refractivity contribution >= 4 is 39.5 Å². The van der Waals surface area contributed by atoms with E-state index in [0.29, 0.717) is 25.7 Å². The van der Waals surface area contributed by atoms with E-state index in [4.69, 9.17) is 37.0 Å². The lowest BCUT2D eigenvalue weighted by Crippen LogP contribution is -2.30. The fraction of sp³-hybridized carbons (Fsp3) is 0.944. The highest BCUT2D eigenvalue weighted by atomic mass is 31.2. The van der Waals surface area contributed by atoms with Crippen LogP contribution in [-0.2, 0) is 65.4 Å². The molecular weight excluding hydrogens is 1190 g/mol. The monoisotopic (exact) mass is 1320 g/mol. The van der Waals surface area contributed by atoms with Gasteiger partial charge in [-0.1, -0.05) is 323 Å². The number of phosphoric ester groups is 2. The number of carbonyl (C=O) groups excluding carboxylic acids is 4. The standard InChI is InChI=1S/C71H138O17P2/c1-5-9-13-17-21-25-29-32-33-34-38-42-46-50-54-58-71(76)88-67(62-82-69(74)56-52-48-44-40-36-30-26-22-18-14-10-6-2)64-86-90(79,80)84-60-65(72)59-83-89(77,78)85-63-66(61-81-68(73)55-51-47-43-39-35-28-24-20-16-12-8-4)87-70(75)57-53-49-45-41-37-31-27-23-19-15-11-7-3/h65-67,72H,5-64H2,1-4H3,(H,77,78)(H,79,80)/t65-,66+,67+/m0/s1. The van der Waals surface area contributed by atoms with E-state index in [2.05, 4.69) is 27.7 Å². The van der Waals surface area contributed by atoms with Crippen molar-refractivity contribution in [2.75, 3.05) is 39.6 Å². The molecule has 0 aromatic heterocycles. The Morgan fingerprint density at radius 2 is 0.444 bits per heavy atom. The predicted octanol–water partition coefficient (Wildman–Crippen LogP) is 20.7. The van der Waals surface area contributed by atoms with E-state index in [0.717, 1.165) is 89.9 Å². The van der Waals surface area contributed by atoms with Crippen molar-refractivity contribution in [2.24, 2.45) is 0 Å². The Bertz CT molecular complexity index is 1720. The number of rotatable bonds is 72. The molecule has 0 aliphatic rings. The summed E-state index contributed by atoms with van der Waals surface area (Å²) in [5.41, 5.74) is 0. The summed E-state index contributed by atoms with van der Waals surface area (Å²) in [5.74, 6) is -2.12. The zero-order valence-electron chi connectivity index (χ0n) is 58.1. The zero-order chi connectivity index (χ0) is 66.1. The summed E-state index contributed by atoms with van der Waals surface area (Å²) < 4.78 is 68.3. The number of unbranched alkanes of at least 4 members (excludes halogenated alkanes) is 46. The molecule has 0 amide bonds. The van der Waals surface area contributed by atoms with Gasteiger partial charge in [-0.3, -0.25) is 37.3 Å². The van der Waals surface area contributed by atoms with Crippen LogP contribution in [0.4, 0.5) is 0 Å². The molecule has 3 N–H and O–H groups in total. The summed E-state index contributed by atoms with van der Waals surface area (Å²) in [6.45, 7) is 4.96. The number of hydrogen-bond acceptors (Lipinski definition) is 15. The van der Waals surface area contributed by atoms with Crippen molar-refractivity contribution in [3.05, 3.63) is 0 Å². The number of ether oxygens (including phenoxy) is 4. The van der Waals surface area contributed by atoms with Crippen molar-refractivity contribution in [1.82, 2.24) is 0 Å². The number of phosphoric acid groups is 2. The summed E-state index contributed by atoms with van der Waals surface area (Å²) in [7, 11) is -9.90. The molecule has 0 spiro atoms. The van der Waals surface area contributed by atoms with Gasteiger partial charge in [0.1, 0.15) is 19.3 Å². The van der Waals surface area contributed by atoms with E-state index < -0.39 is 97.5 Å².